The molecule has 0 fully saturated rings. The van der Waals surface area contributed by atoms with Crippen LogP contribution < -0.4 is 10.1 Å². The van der Waals surface area contributed by atoms with Gasteiger partial charge in [0.2, 0.25) is 5.95 Å². The second kappa shape index (κ2) is 6.48. The zero-order chi connectivity index (χ0) is 16.2. The quantitative estimate of drug-likeness (QED) is 0.779. The summed E-state index contributed by atoms with van der Waals surface area (Å²) < 4.78 is 10.6. The lowest BCUT2D eigenvalue weighted by molar-refractivity contribution is 0.412. The summed E-state index contributed by atoms with van der Waals surface area (Å²) in [6, 6.07) is 11.5. The predicted octanol–water partition coefficient (Wildman–Crippen LogP) is 3.37. The maximum Gasteiger partial charge on any atom is 0.223 e. The average Bonchev–Trinajstić information content (AvgIpc) is 3.01. The molecule has 118 valence electrons. The molecular weight excluding hydrogens is 292 g/mol. The van der Waals surface area contributed by atoms with Crippen molar-refractivity contribution in [2.75, 3.05) is 12.4 Å². The van der Waals surface area contributed by atoms with E-state index in [1.165, 1.54) is 0 Å². The van der Waals surface area contributed by atoms with Crippen molar-refractivity contribution in [3.8, 4) is 17.1 Å². The van der Waals surface area contributed by atoms with Crippen molar-refractivity contribution in [2.45, 2.75) is 20.4 Å². The van der Waals surface area contributed by atoms with E-state index in [2.05, 4.69) is 20.4 Å². The van der Waals surface area contributed by atoms with Gasteiger partial charge in [0.15, 0.2) is 5.76 Å². The molecule has 3 aromatic rings. The van der Waals surface area contributed by atoms with Crippen LogP contribution in [0.15, 0.2) is 40.9 Å². The van der Waals surface area contributed by atoms with E-state index in [9.17, 15) is 0 Å². The molecule has 6 nitrogen and oxygen atoms in total. The van der Waals surface area contributed by atoms with E-state index in [4.69, 9.17) is 9.26 Å². The fourth-order valence-corrected chi connectivity index (χ4v) is 2.28. The van der Waals surface area contributed by atoms with Crippen molar-refractivity contribution in [3.63, 3.8) is 0 Å². The van der Waals surface area contributed by atoms with Gasteiger partial charge >= 0.3 is 0 Å². The fourth-order valence-electron chi connectivity index (χ4n) is 2.28. The highest BCUT2D eigenvalue weighted by molar-refractivity contribution is 5.59. The van der Waals surface area contributed by atoms with Crippen molar-refractivity contribution < 1.29 is 9.26 Å². The Morgan fingerprint density at radius 3 is 2.61 bits per heavy atom. The van der Waals surface area contributed by atoms with Crippen LogP contribution >= 0.6 is 0 Å². The molecule has 2 aromatic heterocycles. The highest BCUT2D eigenvalue weighted by atomic mass is 16.5. The van der Waals surface area contributed by atoms with Crippen molar-refractivity contribution >= 4 is 5.95 Å². The number of nitrogens with zero attached hydrogens (tertiary/aromatic N) is 3. The van der Waals surface area contributed by atoms with E-state index in [1.54, 1.807) is 7.11 Å². The van der Waals surface area contributed by atoms with Crippen LogP contribution in [0.5, 0.6) is 5.75 Å². The van der Waals surface area contributed by atoms with E-state index in [0.29, 0.717) is 18.3 Å². The maximum atomic E-state index is 5.40. The molecule has 0 amide bonds. The summed E-state index contributed by atoms with van der Waals surface area (Å²) in [7, 11) is 1.64. The first-order chi connectivity index (χ1) is 11.1. The number of anilines is 1. The number of nitrogens with one attached hydrogen (secondary N) is 1. The minimum absolute atomic E-state index is 0.496. The van der Waals surface area contributed by atoms with E-state index < -0.39 is 0 Å². The topological polar surface area (TPSA) is 73.1 Å². The number of hydrogen-bond donors (Lipinski definition) is 1. The SMILES string of the molecule is COc1cccc(-c2cc(CNc3nc(C)cc(C)n3)no2)c1. The second-order valence-electron chi connectivity index (χ2n) is 5.24. The van der Waals surface area contributed by atoms with E-state index >= 15 is 0 Å². The number of aryl methyl sites for hydroxylation is 2. The third-order valence-corrected chi connectivity index (χ3v) is 3.32. The van der Waals surface area contributed by atoms with Gasteiger partial charge in [-0.1, -0.05) is 17.3 Å². The first-order valence-electron chi connectivity index (χ1n) is 7.30. The smallest absolute Gasteiger partial charge is 0.223 e. The average molecular weight is 310 g/mol. The Morgan fingerprint density at radius 1 is 1.09 bits per heavy atom. The van der Waals surface area contributed by atoms with Gasteiger partial charge in [0.05, 0.1) is 13.7 Å². The minimum Gasteiger partial charge on any atom is -0.497 e. The monoisotopic (exact) mass is 310 g/mol. The molecule has 0 atom stereocenters. The lowest BCUT2D eigenvalue weighted by Crippen LogP contribution is -2.05. The number of benzene rings is 1. The highest BCUT2D eigenvalue weighted by Crippen LogP contribution is 2.24. The Labute approximate surface area is 134 Å². The lowest BCUT2D eigenvalue weighted by atomic mass is 10.1. The molecule has 23 heavy (non-hydrogen) atoms. The molecule has 0 aliphatic carbocycles. The van der Waals surface area contributed by atoms with Crippen LogP contribution in [0.4, 0.5) is 5.95 Å². The number of hydrogen-bond acceptors (Lipinski definition) is 6. The fraction of sp³-hybridized carbons (Fsp3) is 0.235. The van der Waals surface area contributed by atoms with E-state index in [-0.39, 0.29) is 0 Å². The molecule has 3 rings (SSSR count). The molecule has 0 saturated carbocycles. The van der Waals surface area contributed by atoms with Gasteiger partial charge in [-0.3, -0.25) is 0 Å². The zero-order valence-electron chi connectivity index (χ0n) is 13.3. The number of rotatable bonds is 5. The molecule has 0 radical (unpaired) electrons. The first-order valence-corrected chi connectivity index (χ1v) is 7.30. The van der Waals surface area contributed by atoms with Crippen LogP contribution in [0.25, 0.3) is 11.3 Å². The van der Waals surface area contributed by atoms with Gasteiger partial charge in [-0.2, -0.15) is 0 Å². The summed E-state index contributed by atoms with van der Waals surface area (Å²) in [5, 5.41) is 7.23. The summed E-state index contributed by atoms with van der Waals surface area (Å²) in [6.45, 7) is 4.38. The summed E-state index contributed by atoms with van der Waals surface area (Å²) in [6.07, 6.45) is 0. The molecule has 0 spiro atoms. The second-order valence-corrected chi connectivity index (χ2v) is 5.24. The standard InChI is InChI=1S/C17H18N4O2/c1-11-7-12(2)20-17(19-11)18-10-14-9-16(23-21-14)13-5-4-6-15(8-13)22-3/h4-9H,10H2,1-3H3,(H,18,19,20). The Balaban J connectivity index is 1.71. The van der Waals surface area contributed by atoms with Crippen molar-refractivity contribution in [1.82, 2.24) is 15.1 Å². The summed E-state index contributed by atoms with van der Waals surface area (Å²) in [5.74, 6) is 2.07. The molecular formula is C17H18N4O2. The Hall–Kier alpha value is -2.89. The van der Waals surface area contributed by atoms with Gasteiger partial charge < -0.3 is 14.6 Å². The van der Waals surface area contributed by atoms with Crippen molar-refractivity contribution in [1.29, 1.82) is 0 Å². The highest BCUT2D eigenvalue weighted by Gasteiger charge is 2.08. The number of methoxy groups -OCH3 is 1. The van der Waals surface area contributed by atoms with Crippen molar-refractivity contribution in [2.24, 2.45) is 0 Å². The van der Waals surface area contributed by atoms with Gasteiger partial charge in [0, 0.05) is 23.0 Å². The summed E-state index contributed by atoms with van der Waals surface area (Å²) >= 11 is 0. The molecule has 0 aliphatic heterocycles. The van der Waals surface area contributed by atoms with Gasteiger partial charge in [0.25, 0.3) is 0 Å². The zero-order valence-corrected chi connectivity index (χ0v) is 13.3. The maximum absolute atomic E-state index is 5.40. The van der Waals surface area contributed by atoms with Crippen molar-refractivity contribution in [3.05, 3.63) is 53.5 Å². The Morgan fingerprint density at radius 2 is 1.87 bits per heavy atom. The summed E-state index contributed by atoms with van der Waals surface area (Å²) in [4.78, 5) is 8.68. The molecule has 0 bridgehead atoms. The van der Waals surface area contributed by atoms with Gasteiger partial charge in [-0.05, 0) is 32.0 Å². The third kappa shape index (κ3) is 3.66. The van der Waals surface area contributed by atoms with Crippen LogP contribution in [0.1, 0.15) is 17.1 Å². The first kappa shape index (κ1) is 15.0. The molecule has 0 aliphatic rings. The molecule has 0 unspecified atom stereocenters. The third-order valence-electron chi connectivity index (χ3n) is 3.32. The molecule has 1 N–H and O–H groups in total. The van der Waals surface area contributed by atoms with Crippen LogP contribution in [0, 0.1) is 13.8 Å². The molecule has 1 aromatic carbocycles. The minimum atomic E-state index is 0.496. The van der Waals surface area contributed by atoms with Crippen LogP contribution in [0.2, 0.25) is 0 Å². The van der Waals surface area contributed by atoms with Crippen LogP contribution in [-0.4, -0.2) is 22.2 Å². The molecule has 0 saturated heterocycles. The van der Waals surface area contributed by atoms with E-state index in [0.717, 1.165) is 28.4 Å². The normalized spacial score (nSPS) is 10.6. The van der Waals surface area contributed by atoms with Gasteiger partial charge in [0.1, 0.15) is 11.4 Å². The lowest BCUT2D eigenvalue weighted by Gasteiger charge is -2.04. The van der Waals surface area contributed by atoms with E-state index in [1.807, 2.05) is 50.2 Å². The van der Waals surface area contributed by atoms with Crippen LogP contribution in [0.3, 0.4) is 0 Å². The molecule has 6 heteroatoms. The molecule has 2 heterocycles. The van der Waals surface area contributed by atoms with Gasteiger partial charge in [-0.25, -0.2) is 9.97 Å². The van der Waals surface area contributed by atoms with Crippen LogP contribution in [-0.2, 0) is 6.54 Å². The number of ether oxygens (including phenoxy) is 1. The summed E-state index contributed by atoms with van der Waals surface area (Å²) in [5.41, 5.74) is 3.56. The largest absolute Gasteiger partial charge is 0.497 e. The predicted molar refractivity (Wildman–Crippen MR) is 87.3 cm³/mol. The Kier molecular flexibility index (Phi) is 4.23. The Bertz CT molecular complexity index is 794. The number of aromatic nitrogens is 3. The van der Waals surface area contributed by atoms with Gasteiger partial charge in [-0.15, -0.1) is 0 Å².